The van der Waals surface area contributed by atoms with E-state index in [2.05, 4.69) is 69.8 Å². The Morgan fingerprint density at radius 3 is 2.32 bits per heavy atom. The molecule has 0 unspecified atom stereocenters. The molecule has 0 spiro atoms. The lowest BCUT2D eigenvalue weighted by molar-refractivity contribution is -0.755. The summed E-state index contributed by atoms with van der Waals surface area (Å²) < 4.78 is 4.45. The first-order valence-corrected chi connectivity index (χ1v) is 9.56. The average molecular weight is 340 g/mol. The molecule has 1 aromatic heterocycles. The number of rotatable bonds is 6. The van der Waals surface area contributed by atoms with E-state index in [0.29, 0.717) is 6.04 Å². The van der Waals surface area contributed by atoms with Crippen LogP contribution < -0.4 is 9.58 Å². The minimum atomic E-state index is 0.549. The Balaban J connectivity index is 1.76. The molecule has 2 aromatic rings. The van der Waals surface area contributed by atoms with Crippen molar-refractivity contribution in [1.29, 1.82) is 0 Å². The highest BCUT2D eigenvalue weighted by Gasteiger charge is 2.24. The largest absolute Gasteiger partial charge is 0.372 e. The zero-order valence-corrected chi connectivity index (χ0v) is 15.7. The second kappa shape index (κ2) is 8.28. The predicted molar refractivity (Wildman–Crippen MR) is 102 cm³/mol. The summed E-state index contributed by atoms with van der Waals surface area (Å²) in [6.45, 7) is 6.39. The van der Waals surface area contributed by atoms with Gasteiger partial charge in [0.15, 0.2) is 13.2 Å². The van der Waals surface area contributed by atoms with Crippen molar-refractivity contribution in [2.75, 3.05) is 18.0 Å². The molecular formula is C20H30N5+. The summed E-state index contributed by atoms with van der Waals surface area (Å²) in [5.41, 5.74) is 2.14. The van der Waals surface area contributed by atoms with E-state index < -0.39 is 0 Å². The van der Waals surface area contributed by atoms with Crippen LogP contribution in [0.25, 0.3) is 0 Å². The van der Waals surface area contributed by atoms with E-state index in [1.165, 1.54) is 37.8 Å². The first-order valence-electron chi connectivity index (χ1n) is 9.56. The monoisotopic (exact) mass is 340 g/mol. The van der Waals surface area contributed by atoms with Crippen LogP contribution in [0.4, 0.5) is 17.2 Å². The first-order chi connectivity index (χ1) is 12.2. The fourth-order valence-electron chi connectivity index (χ4n) is 3.76. The van der Waals surface area contributed by atoms with E-state index in [-0.39, 0.29) is 0 Å². The van der Waals surface area contributed by atoms with Gasteiger partial charge in [-0.15, -0.1) is 19.6 Å². The molecule has 1 fully saturated rings. The van der Waals surface area contributed by atoms with Crippen molar-refractivity contribution in [3.05, 3.63) is 36.5 Å². The SMILES string of the molecule is CCN(CC)c1ccc(N=Nc2cc[n+](C)n2C2CCCCC2)cc1. The summed E-state index contributed by atoms with van der Waals surface area (Å²) >= 11 is 0. The Hall–Kier alpha value is -2.17. The second-order valence-electron chi connectivity index (χ2n) is 6.77. The number of hydrogen-bond acceptors (Lipinski definition) is 3. The van der Waals surface area contributed by atoms with Crippen molar-refractivity contribution in [2.24, 2.45) is 17.3 Å². The number of aryl methyl sites for hydroxylation is 1. The van der Waals surface area contributed by atoms with Crippen molar-refractivity contribution < 1.29 is 4.68 Å². The maximum absolute atomic E-state index is 4.54. The predicted octanol–water partition coefficient (Wildman–Crippen LogP) is 5.08. The van der Waals surface area contributed by atoms with E-state index in [1.807, 2.05) is 12.1 Å². The van der Waals surface area contributed by atoms with Crippen LogP contribution in [0.5, 0.6) is 0 Å². The Kier molecular flexibility index (Phi) is 5.84. The minimum Gasteiger partial charge on any atom is -0.372 e. The molecule has 1 heterocycles. The van der Waals surface area contributed by atoms with Gasteiger partial charge in [0.05, 0.1) is 17.8 Å². The van der Waals surface area contributed by atoms with E-state index in [4.69, 9.17) is 0 Å². The number of anilines is 1. The van der Waals surface area contributed by atoms with Crippen molar-refractivity contribution in [2.45, 2.75) is 52.0 Å². The van der Waals surface area contributed by atoms with Crippen LogP contribution in [0.2, 0.25) is 0 Å². The standard InChI is InChI=1S/C20H30N5/c1-4-24(5-2)18-13-11-17(12-14-18)21-22-20-15-16-23(3)25(20)19-9-7-6-8-10-19/h11-16,19H,4-10H2,1-3H3/q+1. The topological polar surface area (TPSA) is 36.8 Å². The van der Waals surface area contributed by atoms with Gasteiger partial charge in [-0.3, -0.25) is 0 Å². The number of aromatic nitrogens is 2. The van der Waals surface area contributed by atoms with Gasteiger partial charge in [-0.25, -0.2) is 0 Å². The molecule has 5 nitrogen and oxygen atoms in total. The molecular weight excluding hydrogens is 310 g/mol. The highest BCUT2D eigenvalue weighted by atomic mass is 15.4. The van der Waals surface area contributed by atoms with Gasteiger partial charge in [0, 0.05) is 18.8 Å². The molecule has 0 aliphatic heterocycles. The Labute approximate surface area is 151 Å². The first kappa shape index (κ1) is 17.6. The third-order valence-corrected chi connectivity index (χ3v) is 5.18. The third-order valence-electron chi connectivity index (χ3n) is 5.18. The van der Waals surface area contributed by atoms with Crippen LogP contribution in [0, 0.1) is 0 Å². The molecule has 0 saturated heterocycles. The highest BCUT2D eigenvalue weighted by molar-refractivity contribution is 5.52. The highest BCUT2D eigenvalue weighted by Crippen LogP contribution is 2.31. The molecule has 3 rings (SSSR count). The zero-order valence-electron chi connectivity index (χ0n) is 15.7. The Bertz CT molecular complexity index is 691. The second-order valence-corrected chi connectivity index (χ2v) is 6.77. The van der Waals surface area contributed by atoms with Gasteiger partial charge in [-0.1, -0.05) is 19.3 Å². The molecule has 134 valence electrons. The molecule has 1 saturated carbocycles. The quantitative estimate of drug-likeness (QED) is 0.533. The molecule has 0 bridgehead atoms. The van der Waals surface area contributed by atoms with Gasteiger partial charge in [0.2, 0.25) is 5.82 Å². The number of nitrogens with zero attached hydrogens (tertiary/aromatic N) is 5. The Morgan fingerprint density at radius 1 is 1.00 bits per heavy atom. The summed E-state index contributed by atoms with van der Waals surface area (Å²) in [6, 6.07) is 11.0. The van der Waals surface area contributed by atoms with Crippen LogP contribution in [0.15, 0.2) is 46.8 Å². The fraction of sp³-hybridized carbons (Fsp3) is 0.550. The summed E-state index contributed by atoms with van der Waals surface area (Å²) in [4.78, 5) is 2.33. The summed E-state index contributed by atoms with van der Waals surface area (Å²) in [5, 5.41) is 9.01. The van der Waals surface area contributed by atoms with Crippen LogP contribution in [-0.4, -0.2) is 17.8 Å². The molecule has 25 heavy (non-hydrogen) atoms. The summed E-state index contributed by atoms with van der Waals surface area (Å²) in [7, 11) is 2.09. The van der Waals surface area contributed by atoms with Crippen molar-refractivity contribution in [1.82, 2.24) is 4.68 Å². The van der Waals surface area contributed by atoms with E-state index in [9.17, 15) is 0 Å². The lowest BCUT2D eigenvalue weighted by Gasteiger charge is -2.21. The van der Waals surface area contributed by atoms with Crippen LogP contribution in [-0.2, 0) is 7.05 Å². The van der Waals surface area contributed by atoms with Crippen LogP contribution >= 0.6 is 0 Å². The van der Waals surface area contributed by atoms with Gasteiger partial charge >= 0.3 is 0 Å². The van der Waals surface area contributed by atoms with Crippen molar-refractivity contribution in [3.8, 4) is 0 Å². The molecule has 0 atom stereocenters. The fourth-order valence-corrected chi connectivity index (χ4v) is 3.76. The van der Waals surface area contributed by atoms with Crippen LogP contribution in [0.3, 0.4) is 0 Å². The average Bonchev–Trinajstić information content (AvgIpc) is 3.03. The number of azo groups is 1. The normalized spacial score (nSPS) is 15.8. The molecule has 1 aromatic carbocycles. The van der Waals surface area contributed by atoms with Gasteiger partial charge in [0.25, 0.3) is 0 Å². The number of hydrogen-bond donors (Lipinski definition) is 0. The molecule has 1 aliphatic carbocycles. The van der Waals surface area contributed by atoms with Gasteiger partial charge in [0.1, 0.15) is 0 Å². The Morgan fingerprint density at radius 2 is 1.68 bits per heavy atom. The van der Waals surface area contributed by atoms with E-state index in [0.717, 1.165) is 24.6 Å². The lowest BCUT2D eigenvalue weighted by Crippen LogP contribution is -2.40. The van der Waals surface area contributed by atoms with E-state index >= 15 is 0 Å². The molecule has 5 heteroatoms. The van der Waals surface area contributed by atoms with Gasteiger partial charge in [-0.05, 0) is 51.0 Å². The summed E-state index contributed by atoms with van der Waals surface area (Å²) in [5.74, 6) is 0.946. The van der Waals surface area contributed by atoms with Gasteiger partial charge < -0.3 is 4.90 Å². The van der Waals surface area contributed by atoms with Crippen molar-refractivity contribution >= 4 is 17.2 Å². The zero-order chi connectivity index (χ0) is 17.6. The van der Waals surface area contributed by atoms with E-state index in [1.54, 1.807) is 0 Å². The van der Waals surface area contributed by atoms with Gasteiger partial charge in [-0.2, -0.15) is 0 Å². The third kappa shape index (κ3) is 4.09. The maximum Gasteiger partial charge on any atom is 0.215 e. The van der Waals surface area contributed by atoms with Crippen molar-refractivity contribution in [3.63, 3.8) is 0 Å². The minimum absolute atomic E-state index is 0.549. The lowest BCUT2D eigenvalue weighted by atomic mass is 9.96. The molecule has 0 N–H and O–H groups in total. The number of benzene rings is 1. The maximum atomic E-state index is 4.54. The summed E-state index contributed by atoms with van der Waals surface area (Å²) in [6.07, 6.45) is 8.54. The molecule has 1 aliphatic rings. The van der Waals surface area contributed by atoms with Crippen LogP contribution in [0.1, 0.15) is 52.0 Å². The smallest absolute Gasteiger partial charge is 0.215 e. The molecule has 0 radical (unpaired) electrons. The molecule has 0 amide bonds.